The highest BCUT2D eigenvalue weighted by atomic mass is 19.1. The summed E-state index contributed by atoms with van der Waals surface area (Å²) < 4.78 is 13.4. The minimum Gasteiger partial charge on any atom is -0.351 e. The summed E-state index contributed by atoms with van der Waals surface area (Å²) >= 11 is 0. The Morgan fingerprint density at radius 2 is 2.08 bits per heavy atom. The van der Waals surface area contributed by atoms with Gasteiger partial charge in [-0.2, -0.15) is 0 Å². The van der Waals surface area contributed by atoms with E-state index in [1.54, 1.807) is 6.07 Å². The monoisotopic (exact) mass is 333 g/mol. The molecule has 1 heterocycles. The van der Waals surface area contributed by atoms with Crippen LogP contribution in [0.15, 0.2) is 18.2 Å². The van der Waals surface area contributed by atoms with E-state index in [1.807, 2.05) is 0 Å². The van der Waals surface area contributed by atoms with Crippen LogP contribution in [0.2, 0.25) is 0 Å². The molecule has 1 aliphatic carbocycles. The maximum absolute atomic E-state index is 13.4. The van der Waals surface area contributed by atoms with Gasteiger partial charge >= 0.3 is 0 Å². The van der Waals surface area contributed by atoms with Gasteiger partial charge in [-0.1, -0.05) is 25.3 Å². The normalized spacial score (nSPS) is 22.4. The molecule has 2 aliphatic rings. The van der Waals surface area contributed by atoms with E-state index >= 15 is 0 Å². The van der Waals surface area contributed by atoms with E-state index in [2.05, 4.69) is 10.6 Å². The molecule has 130 valence electrons. The first-order valence-corrected chi connectivity index (χ1v) is 8.68. The number of rotatable bonds is 4. The first kappa shape index (κ1) is 16.9. The Morgan fingerprint density at radius 3 is 2.79 bits per heavy atom. The van der Waals surface area contributed by atoms with Crippen molar-refractivity contribution in [2.75, 3.05) is 11.9 Å². The van der Waals surface area contributed by atoms with E-state index < -0.39 is 11.7 Å². The zero-order valence-electron chi connectivity index (χ0n) is 13.7. The molecule has 6 heteroatoms. The van der Waals surface area contributed by atoms with Crippen molar-refractivity contribution in [3.63, 3.8) is 0 Å². The number of fused-ring (bicyclic) bond motifs is 1. The lowest BCUT2D eigenvalue weighted by atomic mass is 9.83. The number of carbonyl (C=O) groups is 2. The Kier molecular flexibility index (Phi) is 5.14. The summed E-state index contributed by atoms with van der Waals surface area (Å²) in [5, 5.41) is 5.68. The summed E-state index contributed by atoms with van der Waals surface area (Å²) in [5.41, 5.74) is 6.92. The van der Waals surface area contributed by atoms with Gasteiger partial charge in [0.25, 0.3) is 0 Å². The lowest BCUT2D eigenvalue weighted by molar-refractivity contribution is -0.127. The molecule has 24 heavy (non-hydrogen) atoms. The number of halogens is 1. The van der Waals surface area contributed by atoms with Crippen LogP contribution in [-0.2, 0) is 9.59 Å². The second-order valence-electron chi connectivity index (χ2n) is 6.79. The lowest BCUT2D eigenvalue weighted by Crippen LogP contribution is -2.48. The zero-order chi connectivity index (χ0) is 17.1. The van der Waals surface area contributed by atoms with Crippen LogP contribution >= 0.6 is 0 Å². The van der Waals surface area contributed by atoms with Crippen molar-refractivity contribution >= 4 is 17.5 Å². The van der Waals surface area contributed by atoms with E-state index in [-0.39, 0.29) is 24.3 Å². The maximum atomic E-state index is 13.4. The Bertz CT molecular complexity index is 629. The van der Waals surface area contributed by atoms with Crippen molar-refractivity contribution in [3.8, 4) is 0 Å². The van der Waals surface area contributed by atoms with Crippen LogP contribution in [0.1, 0.15) is 50.0 Å². The molecule has 5 nitrogen and oxygen atoms in total. The summed E-state index contributed by atoms with van der Waals surface area (Å²) in [6.45, 7) is 0.394. The quantitative estimate of drug-likeness (QED) is 0.790. The van der Waals surface area contributed by atoms with Crippen LogP contribution in [0.3, 0.4) is 0 Å². The Balaban J connectivity index is 1.75. The number of benzene rings is 1. The number of nitrogens with two attached hydrogens (primary N) is 1. The third kappa shape index (κ3) is 3.59. The predicted octanol–water partition coefficient (Wildman–Crippen LogP) is 2.28. The van der Waals surface area contributed by atoms with Crippen molar-refractivity contribution in [1.29, 1.82) is 0 Å². The van der Waals surface area contributed by atoms with Crippen molar-refractivity contribution in [2.45, 2.75) is 50.5 Å². The van der Waals surface area contributed by atoms with Crippen LogP contribution in [0.5, 0.6) is 0 Å². The highest BCUT2D eigenvalue weighted by molar-refractivity contribution is 6.01. The number of hydrogen-bond acceptors (Lipinski definition) is 3. The molecule has 0 radical (unpaired) electrons. The predicted molar refractivity (Wildman–Crippen MR) is 89.9 cm³/mol. The molecular formula is C18H24FN3O2. The van der Waals surface area contributed by atoms with Crippen LogP contribution in [0.4, 0.5) is 10.1 Å². The van der Waals surface area contributed by atoms with Gasteiger partial charge in [0.1, 0.15) is 5.82 Å². The second-order valence-corrected chi connectivity index (χ2v) is 6.79. The average molecular weight is 333 g/mol. The fourth-order valence-electron chi connectivity index (χ4n) is 3.86. The van der Waals surface area contributed by atoms with E-state index in [0.29, 0.717) is 23.7 Å². The maximum Gasteiger partial charge on any atom is 0.228 e. The van der Waals surface area contributed by atoms with Crippen LogP contribution < -0.4 is 16.4 Å². The van der Waals surface area contributed by atoms with E-state index in [9.17, 15) is 14.0 Å². The molecule has 3 rings (SSSR count). The molecule has 0 bridgehead atoms. The van der Waals surface area contributed by atoms with Gasteiger partial charge < -0.3 is 16.4 Å². The number of amides is 2. The molecular weight excluding hydrogens is 309 g/mol. The summed E-state index contributed by atoms with van der Waals surface area (Å²) in [7, 11) is 0. The van der Waals surface area contributed by atoms with Crippen molar-refractivity contribution in [1.82, 2.24) is 5.32 Å². The van der Waals surface area contributed by atoms with Crippen molar-refractivity contribution in [3.05, 3.63) is 29.6 Å². The molecule has 4 N–H and O–H groups in total. The zero-order valence-corrected chi connectivity index (χ0v) is 13.7. The molecule has 1 aromatic carbocycles. The summed E-state index contributed by atoms with van der Waals surface area (Å²) in [6, 6.07) is 4.09. The molecule has 0 aromatic heterocycles. The standard InChI is InChI=1S/C18H24FN3O2/c19-12-6-7-13-14(9-17(23)21-15(13)8-12)18(24)22-16(10-20)11-4-2-1-3-5-11/h6-8,11,14,16H,1-5,9-10,20H2,(H,21,23)(H,22,24). The van der Waals surface area contributed by atoms with E-state index in [1.165, 1.54) is 31.4 Å². The molecule has 2 unspecified atom stereocenters. The van der Waals surface area contributed by atoms with Gasteiger partial charge in [0.2, 0.25) is 11.8 Å². The smallest absolute Gasteiger partial charge is 0.228 e. The minimum absolute atomic E-state index is 0.0633. The highest BCUT2D eigenvalue weighted by Crippen LogP contribution is 2.33. The van der Waals surface area contributed by atoms with Crippen LogP contribution in [0.25, 0.3) is 0 Å². The molecule has 1 aromatic rings. The number of carbonyl (C=O) groups excluding carboxylic acids is 2. The highest BCUT2D eigenvalue weighted by Gasteiger charge is 2.33. The summed E-state index contributed by atoms with van der Waals surface area (Å²) in [6.07, 6.45) is 5.82. The van der Waals surface area contributed by atoms with E-state index in [0.717, 1.165) is 12.8 Å². The summed E-state index contributed by atoms with van der Waals surface area (Å²) in [5.74, 6) is -1.09. The van der Waals surface area contributed by atoms with Crippen LogP contribution in [0, 0.1) is 11.7 Å². The molecule has 0 saturated heterocycles. The topological polar surface area (TPSA) is 84.2 Å². The average Bonchev–Trinajstić information content (AvgIpc) is 2.59. The number of anilines is 1. The summed E-state index contributed by atoms with van der Waals surface area (Å²) in [4.78, 5) is 24.6. The molecule has 1 saturated carbocycles. The van der Waals surface area contributed by atoms with Crippen LogP contribution in [-0.4, -0.2) is 24.4 Å². The number of hydrogen-bond donors (Lipinski definition) is 3. The number of nitrogens with one attached hydrogen (secondary N) is 2. The molecule has 2 amide bonds. The third-order valence-corrected chi connectivity index (χ3v) is 5.17. The van der Waals surface area contributed by atoms with Gasteiger partial charge in [0.15, 0.2) is 0 Å². The Hall–Kier alpha value is -1.95. The Morgan fingerprint density at radius 1 is 1.33 bits per heavy atom. The SMILES string of the molecule is NCC(NC(=O)C1CC(=O)Nc2cc(F)ccc21)C1CCCCC1. The second kappa shape index (κ2) is 7.30. The van der Waals surface area contributed by atoms with Gasteiger partial charge in [0, 0.05) is 24.7 Å². The van der Waals surface area contributed by atoms with Crippen molar-refractivity contribution in [2.24, 2.45) is 11.7 Å². The lowest BCUT2D eigenvalue weighted by Gasteiger charge is -2.32. The largest absolute Gasteiger partial charge is 0.351 e. The first-order chi connectivity index (χ1) is 11.6. The van der Waals surface area contributed by atoms with E-state index in [4.69, 9.17) is 5.73 Å². The first-order valence-electron chi connectivity index (χ1n) is 8.68. The van der Waals surface area contributed by atoms with Crippen molar-refractivity contribution < 1.29 is 14.0 Å². The fourth-order valence-corrected chi connectivity index (χ4v) is 3.86. The third-order valence-electron chi connectivity index (χ3n) is 5.17. The minimum atomic E-state index is -0.591. The Labute approximate surface area is 141 Å². The fraction of sp³-hybridized carbons (Fsp3) is 0.556. The molecule has 0 spiro atoms. The molecule has 2 atom stereocenters. The molecule has 1 fully saturated rings. The van der Waals surface area contributed by atoms with Gasteiger partial charge in [0.05, 0.1) is 5.92 Å². The van der Waals surface area contributed by atoms with Gasteiger partial charge in [-0.3, -0.25) is 9.59 Å². The van der Waals surface area contributed by atoms with Gasteiger partial charge in [-0.15, -0.1) is 0 Å². The molecule has 1 aliphatic heterocycles. The van der Waals surface area contributed by atoms with Gasteiger partial charge in [-0.05, 0) is 36.5 Å². The van der Waals surface area contributed by atoms with Gasteiger partial charge in [-0.25, -0.2) is 4.39 Å².